The summed E-state index contributed by atoms with van der Waals surface area (Å²) in [7, 11) is -3.96. The summed E-state index contributed by atoms with van der Waals surface area (Å²) in [6, 6.07) is 8.61. The Morgan fingerprint density at radius 3 is 2.40 bits per heavy atom. The molecule has 0 aromatic heterocycles. The second-order valence-corrected chi connectivity index (χ2v) is 8.94. The predicted molar refractivity (Wildman–Crippen MR) is 95.1 cm³/mol. The van der Waals surface area contributed by atoms with Gasteiger partial charge in [0.25, 0.3) is 0 Å². The third kappa shape index (κ3) is 4.26. The van der Waals surface area contributed by atoms with Gasteiger partial charge in [0.1, 0.15) is 10.7 Å². The van der Waals surface area contributed by atoms with Crippen molar-refractivity contribution < 1.29 is 17.9 Å². The number of hydrogen-bond donors (Lipinski definition) is 2. The SMILES string of the molecule is O=S(=O)(NCC1(Cc2ccc(F)cc2)CC1)c1cc(Cl)cc(Cl)c1O. The Morgan fingerprint density at radius 2 is 1.80 bits per heavy atom. The first-order valence-electron chi connectivity index (χ1n) is 7.63. The number of halogens is 3. The quantitative estimate of drug-likeness (QED) is 0.761. The monoisotopic (exact) mass is 403 g/mol. The first kappa shape index (κ1) is 18.5. The van der Waals surface area contributed by atoms with Gasteiger partial charge in [0, 0.05) is 11.6 Å². The van der Waals surface area contributed by atoms with E-state index in [2.05, 4.69) is 4.72 Å². The Hall–Kier alpha value is -1.34. The van der Waals surface area contributed by atoms with Gasteiger partial charge in [-0.2, -0.15) is 0 Å². The van der Waals surface area contributed by atoms with E-state index in [-0.39, 0.29) is 32.7 Å². The highest BCUT2D eigenvalue weighted by atomic mass is 35.5. The third-order valence-corrected chi connectivity index (χ3v) is 6.29. The molecule has 0 amide bonds. The van der Waals surface area contributed by atoms with Gasteiger partial charge in [-0.3, -0.25) is 0 Å². The largest absolute Gasteiger partial charge is 0.505 e. The summed E-state index contributed by atoms with van der Waals surface area (Å²) >= 11 is 11.6. The highest BCUT2D eigenvalue weighted by Crippen LogP contribution is 2.48. The van der Waals surface area contributed by atoms with Gasteiger partial charge in [-0.05, 0) is 54.5 Å². The number of phenols is 1. The lowest BCUT2D eigenvalue weighted by Crippen LogP contribution is -2.31. The van der Waals surface area contributed by atoms with Crippen molar-refractivity contribution >= 4 is 33.2 Å². The van der Waals surface area contributed by atoms with Crippen molar-refractivity contribution in [3.63, 3.8) is 0 Å². The lowest BCUT2D eigenvalue weighted by molar-refractivity contribution is 0.454. The molecule has 0 atom stereocenters. The van der Waals surface area contributed by atoms with Crippen LogP contribution >= 0.6 is 23.2 Å². The number of benzene rings is 2. The van der Waals surface area contributed by atoms with Crippen molar-refractivity contribution in [1.82, 2.24) is 4.72 Å². The molecule has 0 heterocycles. The highest BCUT2D eigenvalue weighted by molar-refractivity contribution is 7.89. The molecule has 1 aliphatic rings. The number of sulfonamides is 1. The minimum Gasteiger partial charge on any atom is -0.505 e. The molecule has 1 fully saturated rings. The van der Waals surface area contributed by atoms with Gasteiger partial charge >= 0.3 is 0 Å². The van der Waals surface area contributed by atoms with Crippen molar-refractivity contribution in [1.29, 1.82) is 0 Å². The molecule has 2 N–H and O–H groups in total. The number of aromatic hydroxyl groups is 1. The van der Waals surface area contributed by atoms with Crippen LogP contribution in [-0.2, 0) is 16.4 Å². The second-order valence-electron chi connectivity index (χ2n) is 6.36. The average Bonchev–Trinajstić information content (AvgIpc) is 3.31. The van der Waals surface area contributed by atoms with Gasteiger partial charge in [0.2, 0.25) is 10.0 Å². The molecule has 3 rings (SSSR count). The molecule has 1 aliphatic carbocycles. The van der Waals surface area contributed by atoms with E-state index >= 15 is 0 Å². The zero-order valence-corrected chi connectivity index (χ0v) is 15.4. The smallest absolute Gasteiger partial charge is 0.244 e. The number of phenolic OH excluding ortho intramolecular Hbond substituents is 1. The number of rotatable bonds is 6. The molecule has 0 unspecified atom stereocenters. The van der Waals surface area contributed by atoms with Crippen LogP contribution < -0.4 is 4.72 Å². The molecule has 0 bridgehead atoms. The van der Waals surface area contributed by atoms with Crippen molar-refractivity contribution in [3.05, 3.63) is 57.8 Å². The molecular formula is C17H16Cl2FNO3S. The molecule has 4 nitrogen and oxygen atoms in total. The Bertz CT molecular complexity index is 897. The van der Waals surface area contributed by atoms with Gasteiger partial charge in [0.15, 0.2) is 5.75 Å². The van der Waals surface area contributed by atoms with Crippen LogP contribution in [0.1, 0.15) is 18.4 Å². The minimum atomic E-state index is -3.96. The normalized spacial score (nSPS) is 16.0. The van der Waals surface area contributed by atoms with Gasteiger partial charge in [0.05, 0.1) is 5.02 Å². The van der Waals surface area contributed by atoms with E-state index in [4.69, 9.17) is 23.2 Å². The Kier molecular flexibility index (Phi) is 4.99. The standard InChI is InChI=1S/C17H16Cl2FNO3S/c18-12-7-14(19)16(22)15(8-12)25(23,24)21-10-17(5-6-17)9-11-1-3-13(20)4-2-11/h1-4,7-8,21-22H,5-6,9-10H2. The van der Waals surface area contributed by atoms with E-state index in [0.717, 1.165) is 24.5 Å². The summed E-state index contributed by atoms with van der Waals surface area (Å²) in [5, 5.41) is 9.91. The summed E-state index contributed by atoms with van der Waals surface area (Å²) in [4.78, 5) is -0.345. The molecule has 8 heteroatoms. The fourth-order valence-corrected chi connectivity index (χ4v) is 4.61. The van der Waals surface area contributed by atoms with E-state index in [1.807, 2.05) is 0 Å². The molecule has 2 aromatic carbocycles. The molecule has 1 saturated carbocycles. The van der Waals surface area contributed by atoms with E-state index in [9.17, 15) is 17.9 Å². The molecule has 0 spiro atoms. The average molecular weight is 404 g/mol. The lowest BCUT2D eigenvalue weighted by Gasteiger charge is -2.17. The van der Waals surface area contributed by atoms with E-state index in [1.165, 1.54) is 18.2 Å². The van der Waals surface area contributed by atoms with Gasteiger partial charge in [-0.15, -0.1) is 0 Å². The van der Waals surface area contributed by atoms with Crippen LogP contribution in [0.2, 0.25) is 10.0 Å². The Labute approximate surface area is 155 Å². The number of hydrogen-bond acceptors (Lipinski definition) is 3. The highest BCUT2D eigenvalue weighted by Gasteiger charge is 2.43. The van der Waals surface area contributed by atoms with E-state index < -0.39 is 15.8 Å². The van der Waals surface area contributed by atoms with Crippen molar-refractivity contribution in [2.24, 2.45) is 5.41 Å². The maximum absolute atomic E-state index is 13.0. The van der Waals surface area contributed by atoms with Crippen LogP contribution in [0.15, 0.2) is 41.3 Å². The Balaban J connectivity index is 1.73. The summed E-state index contributed by atoms with van der Waals surface area (Å²) in [5.41, 5.74) is 0.759. The summed E-state index contributed by atoms with van der Waals surface area (Å²) in [6.45, 7) is 0.219. The van der Waals surface area contributed by atoms with Crippen LogP contribution in [0.3, 0.4) is 0 Å². The first-order chi connectivity index (χ1) is 11.7. The summed E-state index contributed by atoms with van der Waals surface area (Å²) < 4.78 is 40.5. The van der Waals surface area contributed by atoms with E-state index in [0.29, 0.717) is 6.42 Å². The third-order valence-electron chi connectivity index (χ3n) is 4.37. The van der Waals surface area contributed by atoms with Crippen molar-refractivity contribution in [2.45, 2.75) is 24.2 Å². The van der Waals surface area contributed by atoms with Crippen LogP contribution in [0.25, 0.3) is 0 Å². The summed E-state index contributed by atoms with van der Waals surface area (Å²) in [6.07, 6.45) is 2.39. The zero-order valence-electron chi connectivity index (χ0n) is 13.1. The van der Waals surface area contributed by atoms with Crippen molar-refractivity contribution in [3.8, 4) is 5.75 Å². The fraction of sp³-hybridized carbons (Fsp3) is 0.294. The van der Waals surface area contributed by atoms with Crippen LogP contribution in [-0.4, -0.2) is 20.1 Å². The van der Waals surface area contributed by atoms with Crippen LogP contribution in [0.4, 0.5) is 4.39 Å². The lowest BCUT2D eigenvalue weighted by atomic mass is 9.97. The van der Waals surface area contributed by atoms with Gasteiger partial charge in [-0.1, -0.05) is 35.3 Å². The minimum absolute atomic E-state index is 0.121. The van der Waals surface area contributed by atoms with Crippen LogP contribution in [0, 0.1) is 11.2 Å². The molecule has 25 heavy (non-hydrogen) atoms. The first-order valence-corrected chi connectivity index (χ1v) is 9.87. The molecule has 134 valence electrons. The maximum atomic E-state index is 13.0. The molecule has 0 aliphatic heterocycles. The maximum Gasteiger partial charge on any atom is 0.244 e. The fourth-order valence-electron chi connectivity index (χ4n) is 2.70. The molecule has 0 saturated heterocycles. The summed E-state index contributed by atoms with van der Waals surface area (Å²) in [5.74, 6) is -0.829. The number of nitrogens with one attached hydrogen (secondary N) is 1. The van der Waals surface area contributed by atoms with Crippen LogP contribution in [0.5, 0.6) is 5.75 Å². The molecular weight excluding hydrogens is 388 g/mol. The van der Waals surface area contributed by atoms with Gasteiger partial charge in [-0.25, -0.2) is 17.5 Å². The topological polar surface area (TPSA) is 66.4 Å². The molecule has 0 radical (unpaired) electrons. The predicted octanol–water partition coefficient (Wildman–Crippen LogP) is 4.14. The van der Waals surface area contributed by atoms with E-state index in [1.54, 1.807) is 12.1 Å². The van der Waals surface area contributed by atoms with Gasteiger partial charge < -0.3 is 5.11 Å². The zero-order chi connectivity index (χ0) is 18.2. The second kappa shape index (κ2) is 6.76. The molecule has 2 aromatic rings. The van der Waals surface area contributed by atoms with Crippen molar-refractivity contribution in [2.75, 3.05) is 6.54 Å². The Morgan fingerprint density at radius 1 is 1.16 bits per heavy atom.